The molecule has 0 atom stereocenters. The lowest BCUT2D eigenvalue weighted by Gasteiger charge is -2.25. The zero-order valence-corrected chi connectivity index (χ0v) is 21.3. The van der Waals surface area contributed by atoms with E-state index >= 15 is 0 Å². The van der Waals surface area contributed by atoms with Gasteiger partial charge in [-0.05, 0) is 71.0 Å². The SMILES string of the molecule is COc1ccc2c(c1)CCc1c-2c2c(c3c4cc(N)ccc4n(CCOCc4ccccc4)c13)CNC2=O. The Morgan fingerprint density at radius 2 is 1.84 bits per heavy atom. The smallest absolute Gasteiger partial charge is 0.252 e. The van der Waals surface area contributed by atoms with Crippen molar-refractivity contribution in [1.29, 1.82) is 0 Å². The molecule has 0 saturated carbocycles. The summed E-state index contributed by atoms with van der Waals surface area (Å²) in [6.07, 6.45) is 1.74. The maximum absolute atomic E-state index is 13.3. The van der Waals surface area contributed by atoms with Gasteiger partial charge in [-0.1, -0.05) is 36.4 Å². The number of anilines is 1. The largest absolute Gasteiger partial charge is 0.497 e. The van der Waals surface area contributed by atoms with E-state index in [9.17, 15) is 4.79 Å². The van der Waals surface area contributed by atoms with Crippen LogP contribution in [-0.2, 0) is 37.3 Å². The molecule has 0 bridgehead atoms. The summed E-state index contributed by atoms with van der Waals surface area (Å²) in [7, 11) is 1.69. The maximum Gasteiger partial charge on any atom is 0.252 e. The van der Waals surface area contributed by atoms with Gasteiger partial charge in [0, 0.05) is 40.6 Å². The number of aromatic nitrogens is 1. The number of nitrogens with one attached hydrogen (secondary N) is 1. The predicted molar refractivity (Wildman–Crippen MR) is 151 cm³/mol. The van der Waals surface area contributed by atoms with Crippen LogP contribution < -0.4 is 15.8 Å². The minimum absolute atomic E-state index is 0.00202. The average molecular weight is 504 g/mol. The summed E-state index contributed by atoms with van der Waals surface area (Å²) in [4.78, 5) is 13.3. The number of carbonyl (C=O) groups is 1. The standard InChI is InChI=1S/C32H29N3O3/c1-37-22-9-11-23-20(15-22)7-10-24-28(23)30-26(17-34-32(30)36)29-25-16-21(33)8-12-27(25)35(31(24)29)13-14-38-18-19-5-3-2-4-6-19/h2-6,8-9,11-12,15-16H,7,10,13-14,17-18,33H2,1H3,(H,34,36). The number of rotatable bonds is 6. The molecule has 2 aliphatic rings. The molecule has 1 amide bonds. The van der Waals surface area contributed by atoms with Gasteiger partial charge in [-0.15, -0.1) is 0 Å². The molecule has 7 rings (SSSR count). The van der Waals surface area contributed by atoms with Crippen LogP contribution in [-0.4, -0.2) is 24.2 Å². The van der Waals surface area contributed by atoms with Gasteiger partial charge in [-0.2, -0.15) is 0 Å². The van der Waals surface area contributed by atoms with E-state index in [0.717, 1.165) is 68.4 Å². The van der Waals surface area contributed by atoms with E-state index in [-0.39, 0.29) is 5.91 Å². The fraction of sp³-hybridized carbons (Fsp3) is 0.219. The van der Waals surface area contributed by atoms with Gasteiger partial charge in [-0.25, -0.2) is 0 Å². The molecule has 1 aromatic heterocycles. The van der Waals surface area contributed by atoms with Gasteiger partial charge < -0.3 is 25.1 Å². The quantitative estimate of drug-likeness (QED) is 0.233. The van der Waals surface area contributed by atoms with E-state index in [4.69, 9.17) is 15.2 Å². The molecule has 0 unspecified atom stereocenters. The van der Waals surface area contributed by atoms with Crippen LogP contribution in [0, 0.1) is 0 Å². The molecule has 5 aromatic rings. The molecule has 0 saturated heterocycles. The van der Waals surface area contributed by atoms with E-state index in [2.05, 4.69) is 46.3 Å². The molecule has 0 radical (unpaired) electrons. The normalized spacial score (nSPS) is 13.9. The van der Waals surface area contributed by atoms with Crippen LogP contribution in [0.1, 0.15) is 32.6 Å². The Morgan fingerprint density at radius 3 is 2.68 bits per heavy atom. The Bertz CT molecular complexity index is 1740. The van der Waals surface area contributed by atoms with Crippen molar-refractivity contribution in [3.8, 4) is 16.9 Å². The van der Waals surface area contributed by atoms with Crippen LogP contribution in [0.5, 0.6) is 5.75 Å². The van der Waals surface area contributed by atoms with Gasteiger partial charge in [0.2, 0.25) is 0 Å². The van der Waals surface area contributed by atoms with Crippen molar-refractivity contribution < 1.29 is 14.3 Å². The number of carbonyl (C=O) groups excluding carboxylic acids is 1. The molecule has 0 spiro atoms. The number of hydrogen-bond acceptors (Lipinski definition) is 4. The third-order valence-corrected chi connectivity index (χ3v) is 7.98. The Hall–Kier alpha value is -4.29. The van der Waals surface area contributed by atoms with Crippen molar-refractivity contribution in [2.45, 2.75) is 32.5 Å². The molecule has 1 aliphatic carbocycles. The first kappa shape index (κ1) is 22.9. The number of aryl methyl sites for hydroxylation is 2. The van der Waals surface area contributed by atoms with Crippen molar-refractivity contribution >= 4 is 33.4 Å². The second-order valence-electron chi connectivity index (χ2n) is 10.1. The number of ether oxygens (including phenoxy) is 2. The average Bonchev–Trinajstić information content (AvgIpc) is 3.48. The van der Waals surface area contributed by atoms with Crippen molar-refractivity contribution in [3.63, 3.8) is 0 Å². The highest BCUT2D eigenvalue weighted by atomic mass is 16.5. The van der Waals surface area contributed by atoms with Gasteiger partial charge in [0.15, 0.2) is 0 Å². The molecular formula is C32H29N3O3. The van der Waals surface area contributed by atoms with Crippen LogP contribution in [0.4, 0.5) is 5.69 Å². The first-order valence-electron chi connectivity index (χ1n) is 13.1. The van der Waals surface area contributed by atoms with E-state index in [0.29, 0.717) is 26.3 Å². The first-order valence-corrected chi connectivity index (χ1v) is 13.1. The zero-order valence-electron chi connectivity index (χ0n) is 21.3. The van der Waals surface area contributed by atoms with Gasteiger partial charge in [0.05, 0.1) is 31.4 Å². The summed E-state index contributed by atoms with van der Waals surface area (Å²) in [5, 5.41) is 5.35. The molecular weight excluding hydrogens is 474 g/mol. The van der Waals surface area contributed by atoms with Crippen LogP contribution in [0.2, 0.25) is 0 Å². The van der Waals surface area contributed by atoms with Crippen molar-refractivity contribution in [3.05, 3.63) is 94.5 Å². The molecule has 0 fully saturated rings. The molecule has 2 heterocycles. The monoisotopic (exact) mass is 503 g/mol. The maximum atomic E-state index is 13.3. The number of amides is 1. The lowest BCUT2D eigenvalue weighted by atomic mass is 9.80. The fourth-order valence-electron chi connectivity index (χ4n) is 6.32. The number of methoxy groups -OCH3 is 1. The van der Waals surface area contributed by atoms with Gasteiger partial charge in [0.25, 0.3) is 5.91 Å². The van der Waals surface area contributed by atoms with Crippen LogP contribution in [0.3, 0.4) is 0 Å². The van der Waals surface area contributed by atoms with Crippen molar-refractivity contribution in [2.24, 2.45) is 0 Å². The summed E-state index contributed by atoms with van der Waals surface area (Å²) < 4.78 is 14.0. The molecule has 190 valence electrons. The van der Waals surface area contributed by atoms with Gasteiger partial charge >= 0.3 is 0 Å². The van der Waals surface area contributed by atoms with Crippen LogP contribution >= 0.6 is 0 Å². The second kappa shape index (κ2) is 8.92. The zero-order chi connectivity index (χ0) is 25.8. The minimum Gasteiger partial charge on any atom is -0.497 e. The first-order chi connectivity index (χ1) is 18.6. The second-order valence-corrected chi connectivity index (χ2v) is 10.1. The number of nitrogens with zero attached hydrogens (tertiary/aromatic N) is 1. The number of fused-ring (bicyclic) bond motifs is 10. The summed E-state index contributed by atoms with van der Waals surface area (Å²) in [5.41, 5.74) is 17.0. The van der Waals surface area contributed by atoms with E-state index in [1.807, 2.05) is 30.3 Å². The lowest BCUT2D eigenvalue weighted by Crippen LogP contribution is -2.16. The number of hydrogen-bond donors (Lipinski definition) is 2. The van der Waals surface area contributed by atoms with Gasteiger partial charge in [0.1, 0.15) is 5.75 Å². The van der Waals surface area contributed by atoms with Crippen LogP contribution in [0.25, 0.3) is 32.9 Å². The Labute approximate surface area is 221 Å². The highest BCUT2D eigenvalue weighted by Crippen LogP contribution is 2.47. The van der Waals surface area contributed by atoms with Crippen molar-refractivity contribution in [2.75, 3.05) is 19.5 Å². The highest BCUT2D eigenvalue weighted by molar-refractivity contribution is 6.19. The Morgan fingerprint density at radius 1 is 0.974 bits per heavy atom. The lowest BCUT2D eigenvalue weighted by molar-refractivity contribution is 0.0966. The molecule has 38 heavy (non-hydrogen) atoms. The van der Waals surface area contributed by atoms with Crippen LogP contribution in [0.15, 0.2) is 66.7 Å². The summed E-state index contributed by atoms with van der Waals surface area (Å²) >= 11 is 0. The van der Waals surface area contributed by atoms with Crippen molar-refractivity contribution in [1.82, 2.24) is 9.88 Å². The number of nitrogen functional groups attached to an aromatic ring is 1. The molecule has 3 N–H and O–H groups in total. The fourth-order valence-corrected chi connectivity index (χ4v) is 6.32. The highest BCUT2D eigenvalue weighted by Gasteiger charge is 2.34. The number of benzene rings is 4. The molecule has 1 aliphatic heterocycles. The summed E-state index contributed by atoms with van der Waals surface area (Å²) in [5.74, 6) is 0.840. The number of nitrogens with two attached hydrogens (primary N) is 1. The third-order valence-electron chi connectivity index (χ3n) is 7.98. The molecule has 6 heteroatoms. The molecule has 4 aromatic carbocycles. The summed E-state index contributed by atoms with van der Waals surface area (Å²) in [6.45, 7) is 2.38. The van der Waals surface area contributed by atoms with E-state index in [1.165, 1.54) is 16.6 Å². The Balaban J connectivity index is 1.43. The predicted octanol–water partition coefficient (Wildman–Crippen LogP) is 5.61. The third kappa shape index (κ3) is 3.48. The van der Waals surface area contributed by atoms with Gasteiger partial charge in [-0.3, -0.25) is 4.79 Å². The summed E-state index contributed by atoms with van der Waals surface area (Å²) in [6, 6.07) is 22.6. The molecule has 6 nitrogen and oxygen atoms in total. The van der Waals surface area contributed by atoms with E-state index in [1.54, 1.807) is 7.11 Å². The Kier molecular flexibility index (Phi) is 5.37. The topological polar surface area (TPSA) is 78.5 Å². The minimum atomic E-state index is -0.00202. The van der Waals surface area contributed by atoms with E-state index < -0.39 is 0 Å².